The summed E-state index contributed by atoms with van der Waals surface area (Å²) in [5.74, 6) is 0.138. The van der Waals surface area contributed by atoms with Gasteiger partial charge in [-0.25, -0.2) is 0 Å². The van der Waals surface area contributed by atoms with Crippen molar-refractivity contribution in [1.82, 2.24) is 4.90 Å². The van der Waals surface area contributed by atoms with Gasteiger partial charge in [0.2, 0.25) is 5.91 Å². The maximum Gasteiger partial charge on any atom is 0.227 e. The highest BCUT2D eigenvalue weighted by atomic mass is 35.5. The molecule has 0 aromatic heterocycles. The van der Waals surface area contributed by atoms with Crippen molar-refractivity contribution in [3.05, 3.63) is 70.2 Å². The molecule has 108 valence electrons. The first kappa shape index (κ1) is 14.2. The van der Waals surface area contributed by atoms with Gasteiger partial charge in [-0.1, -0.05) is 48.0 Å². The maximum absolute atomic E-state index is 12.5. The van der Waals surface area contributed by atoms with E-state index in [9.17, 15) is 4.79 Å². The van der Waals surface area contributed by atoms with Crippen molar-refractivity contribution in [2.75, 3.05) is 7.05 Å². The Kier molecular flexibility index (Phi) is 3.98. The Hall–Kier alpha value is -1.80. The lowest BCUT2D eigenvalue weighted by molar-refractivity contribution is -0.131. The highest BCUT2D eigenvalue weighted by molar-refractivity contribution is 6.30. The summed E-state index contributed by atoms with van der Waals surface area (Å²) in [6.07, 6.45) is 2.46. The summed E-state index contributed by atoms with van der Waals surface area (Å²) in [6, 6.07) is 16.1. The second kappa shape index (κ2) is 5.90. The van der Waals surface area contributed by atoms with Crippen molar-refractivity contribution in [3.8, 4) is 0 Å². The average molecular weight is 300 g/mol. The van der Waals surface area contributed by atoms with Crippen LogP contribution in [0.3, 0.4) is 0 Å². The Balaban J connectivity index is 1.74. The van der Waals surface area contributed by atoms with Gasteiger partial charge in [-0.3, -0.25) is 4.79 Å². The molecule has 2 aromatic rings. The number of amides is 1. The van der Waals surface area contributed by atoms with Crippen molar-refractivity contribution >= 4 is 17.5 Å². The molecule has 3 rings (SSSR count). The van der Waals surface area contributed by atoms with Gasteiger partial charge in [0.25, 0.3) is 0 Å². The summed E-state index contributed by atoms with van der Waals surface area (Å²) in [6.45, 7) is 0. The van der Waals surface area contributed by atoms with Crippen LogP contribution < -0.4 is 0 Å². The molecule has 21 heavy (non-hydrogen) atoms. The summed E-state index contributed by atoms with van der Waals surface area (Å²) < 4.78 is 0. The molecule has 1 atom stereocenters. The molecule has 0 radical (unpaired) electrons. The third-order valence-electron chi connectivity index (χ3n) is 4.21. The molecule has 2 nitrogen and oxygen atoms in total. The van der Waals surface area contributed by atoms with Crippen molar-refractivity contribution in [2.24, 2.45) is 0 Å². The first-order chi connectivity index (χ1) is 10.1. The zero-order valence-corrected chi connectivity index (χ0v) is 12.8. The third kappa shape index (κ3) is 2.96. The first-order valence-corrected chi connectivity index (χ1v) is 7.61. The van der Waals surface area contributed by atoms with E-state index in [0.29, 0.717) is 11.4 Å². The highest BCUT2D eigenvalue weighted by Crippen LogP contribution is 2.35. The summed E-state index contributed by atoms with van der Waals surface area (Å²) in [4.78, 5) is 14.4. The molecule has 3 heteroatoms. The second-order valence-corrected chi connectivity index (χ2v) is 6.00. The van der Waals surface area contributed by atoms with Crippen molar-refractivity contribution in [2.45, 2.75) is 25.3 Å². The van der Waals surface area contributed by atoms with E-state index in [1.165, 1.54) is 11.1 Å². The summed E-state index contributed by atoms with van der Waals surface area (Å²) in [5, 5.41) is 0.675. The van der Waals surface area contributed by atoms with Gasteiger partial charge in [0.05, 0.1) is 12.5 Å². The Labute approximate surface area is 130 Å². The number of hydrogen-bond donors (Lipinski definition) is 0. The van der Waals surface area contributed by atoms with Gasteiger partial charge in [-0.15, -0.1) is 0 Å². The van der Waals surface area contributed by atoms with Crippen LogP contribution in [0.15, 0.2) is 48.5 Å². The van der Waals surface area contributed by atoms with Crippen LogP contribution in [0.1, 0.15) is 29.2 Å². The maximum atomic E-state index is 12.5. The summed E-state index contributed by atoms with van der Waals surface area (Å²) in [5.41, 5.74) is 3.62. The fourth-order valence-corrected chi connectivity index (χ4v) is 3.27. The van der Waals surface area contributed by atoms with Crippen LogP contribution in [-0.2, 0) is 17.6 Å². The quantitative estimate of drug-likeness (QED) is 0.838. The van der Waals surface area contributed by atoms with Gasteiger partial charge in [0.15, 0.2) is 0 Å². The zero-order valence-electron chi connectivity index (χ0n) is 12.1. The number of carbonyl (C=O) groups excluding carboxylic acids is 1. The molecule has 0 spiro atoms. The van der Waals surface area contributed by atoms with Gasteiger partial charge < -0.3 is 4.90 Å². The van der Waals surface area contributed by atoms with E-state index in [2.05, 4.69) is 18.2 Å². The van der Waals surface area contributed by atoms with E-state index in [-0.39, 0.29) is 11.9 Å². The smallest absolute Gasteiger partial charge is 0.227 e. The summed E-state index contributed by atoms with van der Waals surface area (Å²) in [7, 11) is 1.90. The number of carbonyl (C=O) groups is 1. The molecule has 1 aliphatic rings. The molecule has 0 saturated heterocycles. The zero-order chi connectivity index (χ0) is 14.8. The highest BCUT2D eigenvalue weighted by Gasteiger charge is 2.28. The molecule has 1 unspecified atom stereocenters. The second-order valence-electron chi connectivity index (χ2n) is 5.56. The lowest BCUT2D eigenvalue weighted by Gasteiger charge is -2.25. The Bertz CT molecular complexity index is 668. The van der Waals surface area contributed by atoms with E-state index in [0.717, 1.165) is 18.4 Å². The summed E-state index contributed by atoms with van der Waals surface area (Å²) >= 11 is 5.98. The number of aryl methyl sites for hydroxylation is 1. The molecular formula is C18H18ClNO. The topological polar surface area (TPSA) is 20.3 Å². The minimum atomic E-state index is 0.138. The predicted octanol–water partition coefficient (Wildman–Crippen LogP) is 4.03. The van der Waals surface area contributed by atoms with E-state index in [4.69, 9.17) is 11.6 Å². The van der Waals surface area contributed by atoms with E-state index in [1.54, 1.807) is 0 Å². The number of likely N-dealkylation sites (N-methyl/N-ethyl adjacent to an activating group) is 1. The standard InChI is InChI=1S/C18H18ClNO/c1-20(17-10-9-14-6-2-3-8-16(14)17)18(21)12-13-5-4-7-15(19)11-13/h2-8,11,17H,9-10,12H2,1H3. The molecule has 0 bridgehead atoms. The number of fused-ring (bicyclic) bond motifs is 1. The van der Waals surface area contributed by atoms with Crippen LogP contribution in [0.2, 0.25) is 5.02 Å². The Morgan fingerprint density at radius 3 is 2.86 bits per heavy atom. The van der Waals surface area contributed by atoms with Crippen LogP contribution in [0.4, 0.5) is 0 Å². The minimum absolute atomic E-state index is 0.138. The monoisotopic (exact) mass is 299 g/mol. The minimum Gasteiger partial charge on any atom is -0.338 e. The van der Waals surface area contributed by atoms with Gasteiger partial charge >= 0.3 is 0 Å². The van der Waals surface area contributed by atoms with Gasteiger partial charge in [0, 0.05) is 12.1 Å². The van der Waals surface area contributed by atoms with Crippen molar-refractivity contribution in [1.29, 1.82) is 0 Å². The molecule has 0 aliphatic heterocycles. The van der Waals surface area contributed by atoms with Crippen LogP contribution in [0.5, 0.6) is 0 Å². The fraction of sp³-hybridized carbons (Fsp3) is 0.278. The fourth-order valence-electron chi connectivity index (χ4n) is 3.06. The SMILES string of the molecule is CN(C(=O)Cc1cccc(Cl)c1)C1CCc2ccccc21. The molecule has 0 heterocycles. The molecule has 0 fully saturated rings. The molecule has 0 N–H and O–H groups in total. The average Bonchev–Trinajstić information content (AvgIpc) is 2.90. The lowest BCUT2D eigenvalue weighted by Crippen LogP contribution is -2.31. The lowest BCUT2D eigenvalue weighted by atomic mass is 10.1. The molecule has 0 saturated carbocycles. The van der Waals surface area contributed by atoms with E-state index < -0.39 is 0 Å². The van der Waals surface area contributed by atoms with E-state index in [1.807, 2.05) is 42.3 Å². The Morgan fingerprint density at radius 1 is 1.24 bits per heavy atom. The number of benzene rings is 2. The van der Waals surface area contributed by atoms with Crippen LogP contribution in [-0.4, -0.2) is 17.9 Å². The number of halogens is 1. The molecular weight excluding hydrogens is 282 g/mol. The number of rotatable bonds is 3. The van der Waals surface area contributed by atoms with E-state index >= 15 is 0 Å². The normalized spacial score (nSPS) is 16.6. The predicted molar refractivity (Wildman–Crippen MR) is 85.4 cm³/mol. The molecule has 1 amide bonds. The Morgan fingerprint density at radius 2 is 2.05 bits per heavy atom. The van der Waals surface area contributed by atoms with Gasteiger partial charge in [-0.05, 0) is 41.7 Å². The van der Waals surface area contributed by atoms with Crippen LogP contribution in [0.25, 0.3) is 0 Å². The largest absolute Gasteiger partial charge is 0.338 e. The van der Waals surface area contributed by atoms with Gasteiger partial charge in [-0.2, -0.15) is 0 Å². The number of hydrogen-bond acceptors (Lipinski definition) is 1. The third-order valence-corrected chi connectivity index (χ3v) is 4.44. The molecule has 2 aromatic carbocycles. The van der Waals surface area contributed by atoms with Crippen molar-refractivity contribution in [3.63, 3.8) is 0 Å². The van der Waals surface area contributed by atoms with Crippen LogP contribution >= 0.6 is 11.6 Å². The number of nitrogens with zero attached hydrogens (tertiary/aromatic N) is 1. The molecule has 1 aliphatic carbocycles. The van der Waals surface area contributed by atoms with Crippen LogP contribution in [0, 0.1) is 0 Å². The van der Waals surface area contributed by atoms with Crippen molar-refractivity contribution < 1.29 is 4.79 Å². The first-order valence-electron chi connectivity index (χ1n) is 7.23. The van der Waals surface area contributed by atoms with Gasteiger partial charge in [0.1, 0.15) is 0 Å².